The molecule has 2 aromatic heterocycles. The summed E-state index contributed by atoms with van der Waals surface area (Å²) in [4.78, 5) is 64.6. The van der Waals surface area contributed by atoms with Crippen LogP contribution in [0.25, 0.3) is 0 Å². The average Bonchev–Trinajstić information content (AvgIpc) is 3.26. The Balaban J connectivity index is 0.000000403. The molecule has 0 atom stereocenters. The number of nitrogens with zero attached hydrogens (tertiary/aromatic N) is 2. The standard InChI is InChI=1S/C16H14N2O3S2.H3O4P/c1-17-3-5-18(6-4-17)16(21)11-8-10-12(19)9-2-7-22-14(9)13(20)15(10)23-11;1-5(2,3)4/h2,7-8H,3-6H2,1H3;(H3,1,2,3,4). The first-order chi connectivity index (χ1) is 13.1. The van der Waals surface area contributed by atoms with Gasteiger partial charge < -0.3 is 24.5 Å². The van der Waals surface area contributed by atoms with Crippen molar-refractivity contribution < 1.29 is 33.6 Å². The lowest BCUT2D eigenvalue weighted by Crippen LogP contribution is -2.46. The van der Waals surface area contributed by atoms with Crippen molar-refractivity contribution in [2.75, 3.05) is 33.2 Å². The van der Waals surface area contributed by atoms with Crippen molar-refractivity contribution >= 4 is 48.0 Å². The summed E-state index contributed by atoms with van der Waals surface area (Å²) in [5.41, 5.74) is 0.840. The zero-order valence-corrected chi connectivity index (χ0v) is 17.2. The molecule has 12 heteroatoms. The zero-order chi connectivity index (χ0) is 20.6. The van der Waals surface area contributed by atoms with Gasteiger partial charge in [-0.15, -0.1) is 22.7 Å². The van der Waals surface area contributed by atoms with Gasteiger partial charge in [0.25, 0.3) is 5.91 Å². The van der Waals surface area contributed by atoms with Gasteiger partial charge in [-0.2, -0.15) is 0 Å². The Kier molecular flexibility index (Phi) is 5.97. The molecule has 0 saturated carbocycles. The Labute approximate surface area is 168 Å². The number of likely N-dealkylation sites (N-methyl/N-ethyl adjacent to an activating group) is 1. The molecule has 0 aromatic carbocycles. The highest BCUT2D eigenvalue weighted by molar-refractivity contribution is 7.45. The van der Waals surface area contributed by atoms with Crippen LogP contribution in [-0.4, -0.2) is 75.2 Å². The summed E-state index contributed by atoms with van der Waals surface area (Å²) in [6.07, 6.45) is 0. The van der Waals surface area contributed by atoms with Crippen LogP contribution in [0.5, 0.6) is 0 Å². The quantitative estimate of drug-likeness (QED) is 0.474. The fourth-order valence-corrected chi connectivity index (χ4v) is 4.88. The van der Waals surface area contributed by atoms with E-state index in [1.54, 1.807) is 22.4 Å². The maximum absolute atomic E-state index is 12.6. The molecule has 0 unspecified atom stereocenters. The van der Waals surface area contributed by atoms with E-state index in [1.165, 1.54) is 11.3 Å². The molecule has 2 aromatic rings. The number of phosphoric acid groups is 1. The maximum atomic E-state index is 12.6. The molecule has 1 amide bonds. The van der Waals surface area contributed by atoms with Crippen LogP contribution in [0.2, 0.25) is 0 Å². The summed E-state index contributed by atoms with van der Waals surface area (Å²) in [6, 6.07) is 3.28. The molecule has 0 radical (unpaired) electrons. The number of thiophene rings is 2. The van der Waals surface area contributed by atoms with Crippen LogP contribution >= 0.6 is 30.5 Å². The fourth-order valence-electron chi connectivity index (χ4n) is 2.91. The van der Waals surface area contributed by atoms with Crippen molar-refractivity contribution in [2.45, 2.75) is 0 Å². The third-order valence-electron chi connectivity index (χ3n) is 4.30. The van der Waals surface area contributed by atoms with Crippen molar-refractivity contribution in [2.24, 2.45) is 0 Å². The van der Waals surface area contributed by atoms with Crippen LogP contribution in [0.4, 0.5) is 0 Å². The molecule has 1 fully saturated rings. The van der Waals surface area contributed by atoms with Gasteiger partial charge in [0.15, 0.2) is 5.78 Å². The topological polar surface area (TPSA) is 135 Å². The first-order valence-electron chi connectivity index (χ1n) is 8.13. The molecule has 150 valence electrons. The third-order valence-corrected chi connectivity index (χ3v) is 6.34. The van der Waals surface area contributed by atoms with Crippen LogP contribution in [0, 0.1) is 0 Å². The Morgan fingerprint density at radius 3 is 2.25 bits per heavy atom. The first-order valence-corrected chi connectivity index (χ1v) is 11.4. The predicted octanol–water partition coefficient (Wildman–Crippen LogP) is 1.04. The molecule has 0 bridgehead atoms. The molecular weight excluding hydrogens is 427 g/mol. The monoisotopic (exact) mass is 444 g/mol. The molecule has 2 aliphatic rings. The van der Waals surface area contributed by atoms with Crippen LogP contribution in [0.15, 0.2) is 17.5 Å². The minimum Gasteiger partial charge on any atom is -0.335 e. The number of fused-ring (bicyclic) bond motifs is 2. The van der Waals surface area contributed by atoms with E-state index in [9.17, 15) is 14.4 Å². The number of carbonyl (C=O) groups excluding carboxylic acids is 3. The minimum absolute atomic E-state index is 0.0820. The molecule has 4 rings (SSSR count). The number of carbonyl (C=O) groups is 3. The summed E-state index contributed by atoms with van der Waals surface area (Å²) in [7, 11) is -2.61. The Hall–Kier alpha value is -1.72. The van der Waals surface area contributed by atoms with Gasteiger partial charge in [-0.3, -0.25) is 14.4 Å². The lowest BCUT2D eigenvalue weighted by Gasteiger charge is -2.32. The van der Waals surface area contributed by atoms with E-state index in [4.69, 9.17) is 19.2 Å². The number of amides is 1. The second-order valence-electron chi connectivity index (χ2n) is 6.28. The van der Waals surface area contributed by atoms with Gasteiger partial charge in [-0.1, -0.05) is 0 Å². The van der Waals surface area contributed by atoms with Crippen molar-refractivity contribution in [3.05, 3.63) is 43.3 Å². The summed E-state index contributed by atoms with van der Waals surface area (Å²) >= 11 is 2.43. The molecule has 1 aliphatic carbocycles. The molecule has 3 N–H and O–H groups in total. The summed E-state index contributed by atoms with van der Waals surface area (Å²) in [6.45, 7) is 3.03. The van der Waals surface area contributed by atoms with Crippen molar-refractivity contribution in [1.29, 1.82) is 0 Å². The largest absolute Gasteiger partial charge is 0.466 e. The van der Waals surface area contributed by atoms with Crippen molar-refractivity contribution in [3.8, 4) is 0 Å². The lowest BCUT2D eigenvalue weighted by atomic mass is 9.95. The first kappa shape index (κ1) is 21.0. The Morgan fingerprint density at radius 2 is 1.64 bits per heavy atom. The van der Waals surface area contributed by atoms with E-state index < -0.39 is 7.82 Å². The number of ketones is 2. The van der Waals surface area contributed by atoms with E-state index in [2.05, 4.69) is 4.90 Å². The molecule has 28 heavy (non-hydrogen) atoms. The van der Waals surface area contributed by atoms with E-state index in [0.29, 0.717) is 38.8 Å². The molecule has 3 heterocycles. The van der Waals surface area contributed by atoms with Crippen LogP contribution in [0.3, 0.4) is 0 Å². The van der Waals surface area contributed by atoms with Crippen LogP contribution in [-0.2, 0) is 4.57 Å². The fraction of sp³-hybridized carbons (Fsp3) is 0.312. The Morgan fingerprint density at radius 1 is 1.04 bits per heavy atom. The SMILES string of the molecule is CN1CCN(C(=O)c2cc3c(s2)C(=O)c2sccc2C3=O)CC1.O=P(O)(O)O. The maximum Gasteiger partial charge on any atom is 0.466 e. The number of hydrogen-bond donors (Lipinski definition) is 3. The average molecular weight is 444 g/mol. The van der Waals surface area contributed by atoms with E-state index >= 15 is 0 Å². The van der Waals surface area contributed by atoms with Gasteiger partial charge in [0.2, 0.25) is 5.78 Å². The second-order valence-corrected chi connectivity index (χ2v) is 9.28. The van der Waals surface area contributed by atoms with Gasteiger partial charge in [0.1, 0.15) is 0 Å². The van der Waals surface area contributed by atoms with Gasteiger partial charge in [-0.25, -0.2) is 4.57 Å². The molecule has 0 spiro atoms. The number of hydrogen-bond acceptors (Lipinski definition) is 7. The molecule has 9 nitrogen and oxygen atoms in total. The van der Waals surface area contributed by atoms with Crippen LogP contribution < -0.4 is 0 Å². The van der Waals surface area contributed by atoms with Gasteiger partial charge in [0.05, 0.1) is 14.6 Å². The highest BCUT2D eigenvalue weighted by atomic mass is 32.1. The number of piperazine rings is 1. The molecule has 1 aliphatic heterocycles. The summed E-state index contributed by atoms with van der Waals surface area (Å²) < 4.78 is 8.88. The normalized spacial score (nSPS) is 16.9. The van der Waals surface area contributed by atoms with Gasteiger partial charge in [-0.05, 0) is 24.6 Å². The van der Waals surface area contributed by atoms with E-state index in [0.717, 1.165) is 24.4 Å². The number of rotatable bonds is 1. The molecular formula is C16H17N2O7PS2. The smallest absolute Gasteiger partial charge is 0.335 e. The van der Waals surface area contributed by atoms with Gasteiger partial charge in [0, 0.05) is 37.3 Å². The zero-order valence-electron chi connectivity index (χ0n) is 14.7. The highest BCUT2D eigenvalue weighted by Gasteiger charge is 2.34. The van der Waals surface area contributed by atoms with Crippen LogP contribution in [0.1, 0.15) is 40.1 Å². The van der Waals surface area contributed by atoms with Gasteiger partial charge >= 0.3 is 7.82 Å². The summed E-state index contributed by atoms with van der Waals surface area (Å²) in [5.74, 6) is -0.363. The van der Waals surface area contributed by atoms with Crippen molar-refractivity contribution in [3.63, 3.8) is 0 Å². The van der Waals surface area contributed by atoms with E-state index in [-0.39, 0.29) is 17.5 Å². The minimum atomic E-state index is -4.64. The Bertz CT molecular complexity index is 929. The van der Waals surface area contributed by atoms with E-state index in [1.807, 2.05) is 7.05 Å². The lowest BCUT2D eigenvalue weighted by molar-refractivity contribution is 0.0669. The third kappa shape index (κ3) is 4.47. The molecule has 1 saturated heterocycles. The van der Waals surface area contributed by atoms with Crippen molar-refractivity contribution in [1.82, 2.24) is 9.80 Å². The second kappa shape index (κ2) is 7.96. The predicted molar refractivity (Wildman–Crippen MR) is 103 cm³/mol. The highest BCUT2D eigenvalue weighted by Crippen LogP contribution is 2.36. The summed E-state index contributed by atoms with van der Waals surface area (Å²) in [5, 5.41) is 1.76.